The highest BCUT2D eigenvalue weighted by Gasteiger charge is 1.99. The van der Waals surface area contributed by atoms with Gasteiger partial charge in [-0.15, -0.1) is 0 Å². The summed E-state index contributed by atoms with van der Waals surface area (Å²) in [5.74, 6) is 0. The summed E-state index contributed by atoms with van der Waals surface area (Å²) in [7, 11) is 0. The molecule has 0 aromatic heterocycles. The average molecular weight is 175 g/mol. The van der Waals surface area contributed by atoms with Crippen LogP contribution >= 0.6 is 0 Å². The quantitative estimate of drug-likeness (QED) is 0.545. The maximum atomic E-state index is 3.23. The lowest BCUT2D eigenvalue weighted by atomic mass is 10.1. The molecule has 0 aliphatic rings. The third kappa shape index (κ3) is 2.76. The summed E-state index contributed by atoms with van der Waals surface area (Å²) in [6, 6.07) is 6.31. The Morgan fingerprint density at radius 2 is 1.85 bits per heavy atom. The Balaban J connectivity index is 2.64. The van der Waals surface area contributed by atoms with Crippen LogP contribution in [0.1, 0.15) is 30.9 Å². The molecule has 0 unspecified atom stereocenters. The summed E-state index contributed by atoms with van der Waals surface area (Å²) in [6.07, 6.45) is 2.13. The van der Waals surface area contributed by atoms with E-state index in [0.717, 1.165) is 12.8 Å². The van der Waals surface area contributed by atoms with Gasteiger partial charge in [0.05, 0.1) is 6.54 Å². The van der Waals surface area contributed by atoms with Crippen molar-refractivity contribution in [3.8, 4) is 0 Å². The van der Waals surface area contributed by atoms with E-state index < -0.39 is 0 Å². The van der Waals surface area contributed by atoms with Gasteiger partial charge in [0.2, 0.25) is 0 Å². The Morgan fingerprint density at radius 3 is 2.38 bits per heavy atom. The van der Waals surface area contributed by atoms with Gasteiger partial charge in [-0.2, -0.15) is 0 Å². The van der Waals surface area contributed by atoms with Gasteiger partial charge in [-0.1, -0.05) is 31.5 Å². The molecule has 0 spiro atoms. The molecule has 1 heteroatoms. The van der Waals surface area contributed by atoms with E-state index in [1.165, 1.54) is 16.8 Å². The molecule has 0 heterocycles. The molecule has 0 atom stereocenters. The van der Waals surface area contributed by atoms with Crippen LogP contribution in [0.15, 0.2) is 18.2 Å². The van der Waals surface area contributed by atoms with E-state index in [0.29, 0.717) is 0 Å². The van der Waals surface area contributed by atoms with Crippen LogP contribution in [0.25, 0.3) is 0 Å². The van der Waals surface area contributed by atoms with Crippen molar-refractivity contribution in [1.29, 1.82) is 0 Å². The highest BCUT2D eigenvalue weighted by Crippen LogP contribution is 2.19. The monoisotopic (exact) mass is 175 g/mol. The van der Waals surface area contributed by atoms with Crippen LogP contribution in [0.4, 0.5) is 5.69 Å². The summed E-state index contributed by atoms with van der Waals surface area (Å²) in [6.45, 7) is 9.56. The minimum absolute atomic E-state index is 0.994. The van der Waals surface area contributed by atoms with Crippen molar-refractivity contribution in [3.05, 3.63) is 35.9 Å². The molecular weight excluding hydrogens is 158 g/mol. The van der Waals surface area contributed by atoms with Gasteiger partial charge in [0.15, 0.2) is 0 Å². The fraction of sp³-hybridized carbons (Fsp3) is 0.417. The van der Waals surface area contributed by atoms with Gasteiger partial charge in [-0.25, -0.2) is 0 Å². The minimum atomic E-state index is 0.994. The number of benzene rings is 1. The number of rotatable bonds is 4. The Labute approximate surface area is 81.2 Å². The molecule has 13 heavy (non-hydrogen) atoms. The van der Waals surface area contributed by atoms with Crippen LogP contribution < -0.4 is 5.32 Å². The van der Waals surface area contributed by atoms with Crippen molar-refractivity contribution in [3.63, 3.8) is 0 Å². The first kappa shape index (κ1) is 10.1. The Hall–Kier alpha value is -0.980. The lowest BCUT2D eigenvalue weighted by molar-refractivity contribution is 0.904. The molecule has 1 aromatic carbocycles. The third-order valence-electron chi connectivity index (χ3n) is 2.07. The van der Waals surface area contributed by atoms with Crippen LogP contribution in [-0.4, -0.2) is 0 Å². The molecule has 2 radical (unpaired) electrons. The average Bonchev–Trinajstić information content (AvgIpc) is 2.10. The van der Waals surface area contributed by atoms with Gasteiger partial charge in [0.1, 0.15) is 0 Å². The third-order valence-corrected chi connectivity index (χ3v) is 2.07. The SMILES string of the molecule is CCC[C]Nc1c(C)cccc1C. The number of hydrogen-bond donors (Lipinski definition) is 1. The molecule has 1 rings (SSSR count). The first-order valence-electron chi connectivity index (χ1n) is 4.80. The molecule has 0 aliphatic carbocycles. The van der Waals surface area contributed by atoms with Gasteiger partial charge in [0.25, 0.3) is 0 Å². The zero-order chi connectivity index (χ0) is 9.68. The smallest absolute Gasteiger partial charge is 0.0880 e. The van der Waals surface area contributed by atoms with E-state index in [1.807, 2.05) is 0 Å². The molecule has 0 bridgehead atoms. The minimum Gasteiger partial charge on any atom is -0.374 e. The fourth-order valence-electron chi connectivity index (χ4n) is 1.29. The maximum Gasteiger partial charge on any atom is 0.0880 e. The standard InChI is InChI=1S/C12H17N/c1-4-5-9-13-12-10(2)7-6-8-11(12)3/h6-8,13H,4-5H2,1-3H3. The second kappa shape index (κ2) is 4.90. The molecule has 0 saturated heterocycles. The highest BCUT2D eigenvalue weighted by molar-refractivity contribution is 5.57. The van der Waals surface area contributed by atoms with Crippen LogP contribution in [0.2, 0.25) is 0 Å². The van der Waals surface area contributed by atoms with Crippen LogP contribution in [0, 0.1) is 20.4 Å². The fourth-order valence-corrected chi connectivity index (χ4v) is 1.29. The number of hydrogen-bond acceptors (Lipinski definition) is 1. The Morgan fingerprint density at radius 1 is 1.23 bits per heavy atom. The summed E-state index contributed by atoms with van der Waals surface area (Å²) < 4.78 is 0. The highest BCUT2D eigenvalue weighted by atomic mass is 14.9. The van der Waals surface area contributed by atoms with Gasteiger partial charge in [0, 0.05) is 5.69 Å². The van der Waals surface area contributed by atoms with Gasteiger partial charge in [-0.05, 0) is 31.4 Å². The molecule has 0 saturated carbocycles. The van der Waals surface area contributed by atoms with Crippen molar-refractivity contribution >= 4 is 5.69 Å². The van der Waals surface area contributed by atoms with Crippen molar-refractivity contribution in [2.24, 2.45) is 0 Å². The summed E-state index contributed by atoms with van der Waals surface area (Å²) in [5.41, 5.74) is 3.77. The number of anilines is 1. The second-order valence-corrected chi connectivity index (χ2v) is 3.32. The van der Waals surface area contributed by atoms with Crippen LogP contribution in [0.3, 0.4) is 0 Å². The second-order valence-electron chi connectivity index (χ2n) is 3.32. The summed E-state index contributed by atoms with van der Waals surface area (Å²) >= 11 is 0. The van der Waals surface area contributed by atoms with E-state index >= 15 is 0 Å². The molecule has 1 nitrogen and oxygen atoms in total. The Bertz CT molecular complexity index is 246. The van der Waals surface area contributed by atoms with Crippen molar-refractivity contribution in [2.75, 3.05) is 5.32 Å². The summed E-state index contributed by atoms with van der Waals surface area (Å²) in [4.78, 5) is 0. The number of nitrogens with one attached hydrogen (secondary N) is 1. The van der Waals surface area contributed by atoms with Crippen molar-refractivity contribution in [1.82, 2.24) is 0 Å². The predicted octanol–water partition coefficient (Wildman–Crippen LogP) is 3.55. The molecule has 1 aromatic rings. The zero-order valence-corrected chi connectivity index (χ0v) is 8.65. The molecule has 1 N–H and O–H groups in total. The first-order valence-corrected chi connectivity index (χ1v) is 4.80. The molecular formula is C12H17N. The van der Waals surface area contributed by atoms with Gasteiger partial charge < -0.3 is 5.32 Å². The number of unbranched alkanes of at least 4 members (excludes halogenated alkanes) is 1. The largest absolute Gasteiger partial charge is 0.374 e. The van der Waals surface area contributed by atoms with E-state index in [2.05, 4.69) is 50.8 Å². The number of para-hydroxylation sites is 1. The molecule has 70 valence electrons. The Kier molecular flexibility index (Phi) is 3.81. The van der Waals surface area contributed by atoms with Crippen molar-refractivity contribution in [2.45, 2.75) is 33.6 Å². The van der Waals surface area contributed by atoms with E-state index in [4.69, 9.17) is 0 Å². The first-order chi connectivity index (χ1) is 6.25. The van der Waals surface area contributed by atoms with E-state index in [9.17, 15) is 0 Å². The van der Waals surface area contributed by atoms with Gasteiger partial charge in [-0.3, -0.25) is 0 Å². The lowest BCUT2D eigenvalue weighted by Crippen LogP contribution is -1.98. The molecule has 0 fully saturated rings. The van der Waals surface area contributed by atoms with Crippen molar-refractivity contribution < 1.29 is 0 Å². The lowest BCUT2D eigenvalue weighted by Gasteiger charge is -2.10. The maximum absolute atomic E-state index is 3.23. The summed E-state index contributed by atoms with van der Waals surface area (Å²) in [5, 5.41) is 3.23. The van der Waals surface area contributed by atoms with E-state index in [-0.39, 0.29) is 0 Å². The molecule has 0 amide bonds. The van der Waals surface area contributed by atoms with Crippen LogP contribution in [0.5, 0.6) is 0 Å². The van der Waals surface area contributed by atoms with Gasteiger partial charge >= 0.3 is 0 Å². The zero-order valence-electron chi connectivity index (χ0n) is 8.65. The number of aryl methyl sites for hydroxylation is 2. The normalized spacial score (nSPS) is 10.1. The molecule has 0 aliphatic heterocycles. The predicted molar refractivity (Wildman–Crippen MR) is 57.7 cm³/mol. The van der Waals surface area contributed by atoms with E-state index in [1.54, 1.807) is 0 Å². The topological polar surface area (TPSA) is 12.0 Å². The van der Waals surface area contributed by atoms with Crippen LogP contribution in [-0.2, 0) is 0 Å².